The van der Waals surface area contributed by atoms with Gasteiger partial charge in [-0.15, -0.1) is 11.3 Å². The lowest BCUT2D eigenvalue weighted by Crippen LogP contribution is -2.35. The Morgan fingerprint density at radius 2 is 1.80 bits per heavy atom. The Morgan fingerprint density at radius 3 is 2.40 bits per heavy atom. The van der Waals surface area contributed by atoms with Gasteiger partial charge in [-0.05, 0) is 36.8 Å². The fourth-order valence-electron chi connectivity index (χ4n) is 3.72. The molecule has 30 heavy (non-hydrogen) atoms. The second-order valence-electron chi connectivity index (χ2n) is 7.50. The number of benzene rings is 1. The smallest absolute Gasteiger partial charge is 0.307 e. The van der Waals surface area contributed by atoms with Crippen LogP contribution in [0.15, 0.2) is 41.8 Å². The number of carboxylic acid groups (broad SMARTS) is 1. The van der Waals surface area contributed by atoms with E-state index >= 15 is 0 Å². The van der Waals surface area contributed by atoms with E-state index in [1.54, 1.807) is 11.5 Å². The number of hydrogen-bond acceptors (Lipinski definition) is 4. The number of allylic oxidation sites excluding steroid dienone is 2. The summed E-state index contributed by atoms with van der Waals surface area (Å²) in [6, 6.07) is 7.99. The highest BCUT2D eigenvalue weighted by atomic mass is 32.1. The topological polar surface area (TPSA) is 109 Å². The highest BCUT2D eigenvalue weighted by molar-refractivity contribution is 7.15. The molecule has 2 amide bonds. The van der Waals surface area contributed by atoms with Gasteiger partial charge in [0.15, 0.2) is 0 Å². The van der Waals surface area contributed by atoms with Gasteiger partial charge in [0, 0.05) is 10.9 Å². The van der Waals surface area contributed by atoms with Crippen molar-refractivity contribution in [3.8, 4) is 11.1 Å². The van der Waals surface area contributed by atoms with E-state index in [1.807, 2.05) is 30.3 Å². The SMILES string of the molecule is CCCCc1ccc(-c2csc(NC(=O)[C@@H]3CC=CC[C@@H]3C(=O)O)c2C(N)=O)cc1. The number of primary amides is 1. The second-order valence-corrected chi connectivity index (χ2v) is 8.38. The molecule has 158 valence electrons. The van der Waals surface area contributed by atoms with Crippen LogP contribution in [-0.2, 0) is 16.0 Å². The maximum absolute atomic E-state index is 12.8. The van der Waals surface area contributed by atoms with Gasteiger partial charge in [0.2, 0.25) is 5.91 Å². The third kappa shape index (κ3) is 4.79. The predicted octanol–water partition coefficient (Wildman–Crippen LogP) is 4.46. The summed E-state index contributed by atoms with van der Waals surface area (Å²) in [5, 5.41) is 14.3. The molecule has 2 aromatic rings. The van der Waals surface area contributed by atoms with Crippen LogP contribution in [0.5, 0.6) is 0 Å². The Labute approximate surface area is 179 Å². The first-order valence-corrected chi connectivity index (χ1v) is 11.0. The van der Waals surface area contributed by atoms with E-state index in [9.17, 15) is 19.5 Å². The number of carbonyl (C=O) groups is 3. The van der Waals surface area contributed by atoms with Gasteiger partial charge in [0.05, 0.1) is 17.4 Å². The molecule has 1 aliphatic rings. The predicted molar refractivity (Wildman–Crippen MR) is 119 cm³/mol. The van der Waals surface area contributed by atoms with Gasteiger partial charge in [-0.1, -0.05) is 49.8 Å². The van der Waals surface area contributed by atoms with Gasteiger partial charge in [-0.25, -0.2) is 0 Å². The Morgan fingerprint density at radius 1 is 1.13 bits per heavy atom. The van der Waals surface area contributed by atoms with Gasteiger partial charge in [0.1, 0.15) is 5.00 Å². The van der Waals surface area contributed by atoms with E-state index in [0.717, 1.165) is 24.8 Å². The summed E-state index contributed by atoms with van der Waals surface area (Å²) in [6.07, 6.45) is 7.52. The van der Waals surface area contributed by atoms with Gasteiger partial charge in [-0.3, -0.25) is 14.4 Å². The number of hydrogen-bond donors (Lipinski definition) is 3. The van der Waals surface area contributed by atoms with Crippen LogP contribution in [0.4, 0.5) is 5.00 Å². The van der Waals surface area contributed by atoms with Crippen molar-refractivity contribution < 1.29 is 19.5 Å². The van der Waals surface area contributed by atoms with Gasteiger partial charge >= 0.3 is 5.97 Å². The lowest BCUT2D eigenvalue weighted by molar-refractivity contribution is -0.146. The molecule has 1 heterocycles. The fraction of sp³-hybridized carbons (Fsp3) is 0.348. The van der Waals surface area contributed by atoms with Crippen molar-refractivity contribution in [3.63, 3.8) is 0 Å². The highest BCUT2D eigenvalue weighted by Gasteiger charge is 2.34. The average Bonchev–Trinajstić information content (AvgIpc) is 3.16. The molecule has 0 aliphatic heterocycles. The molecular weight excluding hydrogens is 400 g/mol. The van der Waals surface area contributed by atoms with Crippen molar-refractivity contribution in [2.24, 2.45) is 17.6 Å². The number of carbonyl (C=O) groups excluding carboxylic acids is 2. The van der Waals surface area contributed by atoms with Gasteiger partial charge in [-0.2, -0.15) is 0 Å². The van der Waals surface area contributed by atoms with Crippen molar-refractivity contribution >= 4 is 34.1 Å². The fourth-order valence-corrected chi connectivity index (χ4v) is 4.70. The third-order valence-electron chi connectivity index (χ3n) is 5.44. The number of aryl methyl sites for hydroxylation is 1. The van der Waals surface area contributed by atoms with E-state index < -0.39 is 29.6 Å². The van der Waals surface area contributed by atoms with Crippen molar-refractivity contribution in [1.82, 2.24) is 0 Å². The Kier molecular flexibility index (Phi) is 7.05. The molecule has 3 rings (SSSR count). The molecule has 6 nitrogen and oxygen atoms in total. The molecule has 0 spiro atoms. The van der Waals surface area contributed by atoms with Crippen LogP contribution in [0.1, 0.15) is 48.5 Å². The molecule has 0 saturated carbocycles. The van der Waals surface area contributed by atoms with E-state index in [0.29, 0.717) is 23.4 Å². The zero-order valence-electron chi connectivity index (χ0n) is 16.9. The van der Waals surface area contributed by atoms with Crippen molar-refractivity contribution in [1.29, 1.82) is 0 Å². The van der Waals surface area contributed by atoms with E-state index in [-0.39, 0.29) is 5.56 Å². The zero-order chi connectivity index (χ0) is 21.7. The minimum absolute atomic E-state index is 0.257. The van der Waals surface area contributed by atoms with Gasteiger partial charge in [0.25, 0.3) is 5.91 Å². The first-order valence-electron chi connectivity index (χ1n) is 10.1. The molecule has 0 fully saturated rings. The Bertz CT molecular complexity index is 962. The summed E-state index contributed by atoms with van der Waals surface area (Å²) < 4.78 is 0. The Balaban J connectivity index is 1.84. The minimum atomic E-state index is -0.996. The number of unbranched alkanes of at least 4 members (excludes halogenated alkanes) is 1. The monoisotopic (exact) mass is 426 g/mol. The van der Waals surface area contributed by atoms with Crippen molar-refractivity contribution in [3.05, 3.63) is 52.9 Å². The number of amides is 2. The van der Waals surface area contributed by atoms with Crippen molar-refractivity contribution in [2.75, 3.05) is 5.32 Å². The normalized spacial score (nSPS) is 18.2. The van der Waals surface area contributed by atoms with Crippen LogP contribution >= 0.6 is 11.3 Å². The maximum atomic E-state index is 12.8. The number of carboxylic acids is 1. The minimum Gasteiger partial charge on any atom is -0.481 e. The maximum Gasteiger partial charge on any atom is 0.307 e. The number of thiophene rings is 1. The summed E-state index contributed by atoms with van der Waals surface area (Å²) in [4.78, 5) is 36.5. The average molecular weight is 427 g/mol. The van der Waals surface area contributed by atoms with Crippen LogP contribution in [0.2, 0.25) is 0 Å². The molecule has 0 radical (unpaired) electrons. The first-order chi connectivity index (χ1) is 14.4. The molecule has 7 heteroatoms. The van der Waals surface area contributed by atoms with Crippen LogP contribution in [0, 0.1) is 11.8 Å². The molecule has 4 N–H and O–H groups in total. The van der Waals surface area contributed by atoms with E-state index in [2.05, 4.69) is 12.2 Å². The van der Waals surface area contributed by atoms with Crippen molar-refractivity contribution in [2.45, 2.75) is 39.0 Å². The first kappa shape index (κ1) is 21.8. The second kappa shape index (κ2) is 9.71. The standard InChI is InChI=1S/C23H26N2O4S/c1-2-3-6-14-9-11-15(12-10-14)18-13-30-22(19(18)20(24)26)25-21(27)16-7-4-5-8-17(16)23(28)29/h4-5,9-13,16-17H,2-3,6-8H2,1H3,(H2,24,26)(H,25,27)(H,28,29)/t16-,17+/m1/s1. The summed E-state index contributed by atoms with van der Waals surface area (Å²) in [7, 11) is 0. The van der Waals surface area contributed by atoms with Crippen LogP contribution in [-0.4, -0.2) is 22.9 Å². The molecule has 0 bridgehead atoms. The molecule has 1 aromatic carbocycles. The molecule has 1 aromatic heterocycles. The van der Waals surface area contributed by atoms with Crippen LogP contribution < -0.4 is 11.1 Å². The summed E-state index contributed by atoms with van der Waals surface area (Å²) in [6.45, 7) is 2.15. The van der Waals surface area contributed by atoms with Crippen LogP contribution in [0.3, 0.4) is 0 Å². The number of rotatable bonds is 8. The number of aliphatic carboxylic acids is 1. The van der Waals surface area contributed by atoms with Gasteiger partial charge < -0.3 is 16.2 Å². The highest BCUT2D eigenvalue weighted by Crippen LogP contribution is 2.37. The Hall–Kier alpha value is -2.93. The zero-order valence-corrected chi connectivity index (χ0v) is 17.7. The summed E-state index contributed by atoms with van der Waals surface area (Å²) >= 11 is 1.22. The quantitative estimate of drug-likeness (QED) is 0.541. The van der Waals surface area contributed by atoms with E-state index in [1.165, 1.54) is 16.9 Å². The third-order valence-corrected chi connectivity index (χ3v) is 6.34. The molecule has 0 saturated heterocycles. The largest absolute Gasteiger partial charge is 0.481 e. The molecule has 2 atom stereocenters. The van der Waals surface area contributed by atoms with Crippen LogP contribution in [0.25, 0.3) is 11.1 Å². The number of nitrogens with two attached hydrogens (primary N) is 1. The van der Waals surface area contributed by atoms with E-state index in [4.69, 9.17) is 5.73 Å². The molecule has 0 unspecified atom stereocenters. The lowest BCUT2D eigenvalue weighted by atomic mass is 9.82. The number of anilines is 1. The summed E-state index contributed by atoms with van der Waals surface area (Å²) in [5.74, 6) is -3.49. The number of nitrogens with one attached hydrogen (secondary N) is 1. The molecule has 1 aliphatic carbocycles. The molecular formula is C23H26N2O4S. The lowest BCUT2D eigenvalue weighted by Gasteiger charge is -2.24. The summed E-state index contributed by atoms with van der Waals surface area (Å²) in [5.41, 5.74) is 8.64.